The molecule has 0 aromatic carbocycles. The van der Waals surface area contributed by atoms with E-state index in [-0.39, 0.29) is 5.41 Å². The first kappa shape index (κ1) is 12.5. The number of nitrogens with zero attached hydrogens (tertiary/aromatic N) is 1. The molecule has 0 bridgehead atoms. The molecule has 0 aromatic rings. The summed E-state index contributed by atoms with van der Waals surface area (Å²) in [6.45, 7) is 2.81. The van der Waals surface area contributed by atoms with Crippen LogP contribution in [-0.2, 0) is 9.53 Å². The van der Waals surface area contributed by atoms with Gasteiger partial charge in [0.05, 0.1) is 5.41 Å². The second kappa shape index (κ2) is 4.84. The van der Waals surface area contributed by atoms with E-state index < -0.39 is 0 Å². The third kappa shape index (κ3) is 1.97. The topological polar surface area (TPSA) is 29.5 Å². The number of ether oxygens (including phenoxy) is 1. The molecule has 0 spiro atoms. The van der Waals surface area contributed by atoms with Crippen molar-refractivity contribution < 1.29 is 9.53 Å². The Bertz CT molecular complexity index is 312. The number of likely N-dealkylation sites (tertiary alicyclic amines) is 1. The second-order valence-electron chi connectivity index (χ2n) is 6.54. The van der Waals surface area contributed by atoms with Crippen LogP contribution in [0.5, 0.6) is 0 Å². The first-order valence-corrected chi connectivity index (χ1v) is 7.53. The molecule has 0 radical (unpaired) electrons. The van der Waals surface area contributed by atoms with Gasteiger partial charge in [0, 0.05) is 26.8 Å². The SMILES string of the molecule is COCCC1(C(=O)N2CC3CCCC3C2)CCC1. The monoisotopic (exact) mass is 251 g/mol. The van der Waals surface area contributed by atoms with Crippen molar-refractivity contribution in [3.63, 3.8) is 0 Å². The maximum absolute atomic E-state index is 12.8. The van der Waals surface area contributed by atoms with E-state index in [1.165, 1.54) is 25.7 Å². The highest BCUT2D eigenvalue weighted by molar-refractivity contribution is 5.84. The van der Waals surface area contributed by atoms with Crippen LogP contribution in [0.15, 0.2) is 0 Å². The van der Waals surface area contributed by atoms with Crippen LogP contribution in [0.25, 0.3) is 0 Å². The molecule has 3 rings (SSSR count). The predicted octanol–water partition coefficient (Wildman–Crippen LogP) is 2.45. The van der Waals surface area contributed by atoms with Crippen LogP contribution in [0.1, 0.15) is 44.9 Å². The number of carbonyl (C=O) groups is 1. The highest BCUT2D eigenvalue weighted by Gasteiger charge is 2.48. The van der Waals surface area contributed by atoms with Crippen molar-refractivity contribution in [3.05, 3.63) is 0 Å². The standard InChI is InChI=1S/C15H25NO2/c1-18-9-8-15(6-3-7-15)14(17)16-10-12-4-2-5-13(12)11-16/h12-13H,2-11H2,1H3. The van der Waals surface area contributed by atoms with E-state index in [2.05, 4.69) is 4.90 Å². The van der Waals surface area contributed by atoms with E-state index in [0.29, 0.717) is 5.91 Å². The molecule has 2 atom stereocenters. The summed E-state index contributed by atoms with van der Waals surface area (Å²) in [6, 6.07) is 0. The number of methoxy groups -OCH3 is 1. The molecule has 1 saturated heterocycles. The molecule has 1 aliphatic heterocycles. The summed E-state index contributed by atoms with van der Waals surface area (Å²) in [6.07, 6.45) is 8.39. The molecule has 18 heavy (non-hydrogen) atoms. The summed E-state index contributed by atoms with van der Waals surface area (Å²) in [5.74, 6) is 2.07. The highest BCUT2D eigenvalue weighted by atomic mass is 16.5. The third-order valence-electron chi connectivity index (χ3n) is 5.56. The van der Waals surface area contributed by atoms with Gasteiger partial charge in [-0.3, -0.25) is 4.79 Å². The maximum atomic E-state index is 12.8. The molecule has 0 N–H and O–H groups in total. The van der Waals surface area contributed by atoms with E-state index >= 15 is 0 Å². The Labute approximate surface area is 110 Å². The van der Waals surface area contributed by atoms with Crippen LogP contribution in [0.2, 0.25) is 0 Å². The zero-order valence-corrected chi connectivity index (χ0v) is 11.5. The maximum Gasteiger partial charge on any atom is 0.228 e. The van der Waals surface area contributed by atoms with Gasteiger partial charge < -0.3 is 9.64 Å². The van der Waals surface area contributed by atoms with Crippen molar-refractivity contribution in [2.24, 2.45) is 17.3 Å². The normalized spacial score (nSPS) is 33.3. The fourth-order valence-corrected chi connectivity index (χ4v) is 4.21. The van der Waals surface area contributed by atoms with Gasteiger partial charge >= 0.3 is 0 Å². The van der Waals surface area contributed by atoms with E-state index in [1.807, 2.05) is 0 Å². The Morgan fingerprint density at radius 1 is 1.22 bits per heavy atom. The molecule has 2 aliphatic carbocycles. The Kier molecular flexibility index (Phi) is 3.35. The van der Waals surface area contributed by atoms with Crippen LogP contribution in [0, 0.1) is 17.3 Å². The minimum Gasteiger partial charge on any atom is -0.385 e. The van der Waals surface area contributed by atoms with Crippen molar-refractivity contribution in [1.29, 1.82) is 0 Å². The van der Waals surface area contributed by atoms with Crippen LogP contribution in [0.4, 0.5) is 0 Å². The van der Waals surface area contributed by atoms with Gasteiger partial charge in [-0.15, -0.1) is 0 Å². The van der Waals surface area contributed by atoms with Crippen LogP contribution >= 0.6 is 0 Å². The summed E-state index contributed by atoms with van der Waals surface area (Å²) in [4.78, 5) is 14.9. The fourth-order valence-electron chi connectivity index (χ4n) is 4.21. The minimum atomic E-state index is -0.0470. The Morgan fingerprint density at radius 2 is 1.89 bits per heavy atom. The molecule has 1 amide bonds. The van der Waals surface area contributed by atoms with Gasteiger partial charge in [0.15, 0.2) is 0 Å². The zero-order chi connectivity index (χ0) is 12.6. The van der Waals surface area contributed by atoms with Crippen molar-refractivity contribution >= 4 is 5.91 Å². The summed E-state index contributed by atoms with van der Waals surface area (Å²) in [5, 5.41) is 0. The van der Waals surface area contributed by atoms with Crippen LogP contribution in [-0.4, -0.2) is 37.6 Å². The molecule has 3 fully saturated rings. The number of hydrogen-bond acceptors (Lipinski definition) is 2. The van der Waals surface area contributed by atoms with Gasteiger partial charge in [-0.05, 0) is 43.9 Å². The Morgan fingerprint density at radius 3 is 2.39 bits per heavy atom. The lowest BCUT2D eigenvalue weighted by atomic mass is 9.66. The first-order chi connectivity index (χ1) is 8.75. The second-order valence-corrected chi connectivity index (χ2v) is 6.54. The average Bonchev–Trinajstić information content (AvgIpc) is 2.87. The summed E-state index contributed by atoms with van der Waals surface area (Å²) in [7, 11) is 1.73. The number of rotatable bonds is 4. The molecule has 1 heterocycles. The van der Waals surface area contributed by atoms with Crippen molar-refractivity contribution in [2.45, 2.75) is 44.9 Å². The average molecular weight is 251 g/mol. The van der Waals surface area contributed by atoms with E-state index in [9.17, 15) is 4.79 Å². The van der Waals surface area contributed by atoms with Crippen molar-refractivity contribution in [1.82, 2.24) is 4.90 Å². The fraction of sp³-hybridized carbons (Fsp3) is 0.933. The summed E-state index contributed by atoms with van der Waals surface area (Å²) >= 11 is 0. The minimum absolute atomic E-state index is 0.0470. The molecule has 3 aliphatic rings. The van der Waals surface area contributed by atoms with Gasteiger partial charge in [0.25, 0.3) is 0 Å². The lowest BCUT2D eigenvalue weighted by Crippen LogP contribution is -2.48. The van der Waals surface area contributed by atoms with Crippen LogP contribution < -0.4 is 0 Å². The van der Waals surface area contributed by atoms with Crippen molar-refractivity contribution in [2.75, 3.05) is 26.8 Å². The number of hydrogen-bond donors (Lipinski definition) is 0. The molecule has 3 heteroatoms. The summed E-state index contributed by atoms with van der Waals surface area (Å²) < 4.78 is 5.19. The molecular weight excluding hydrogens is 226 g/mol. The zero-order valence-electron chi connectivity index (χ0n) is 11.5. The molecule has 102 valence electrons. The molecule has 2 unspecified atom stereocenters. The first-order valence-electron chi connectivity index (χ1n) is 7.53. The quantitative estimate of drug-likeness (QED) is 0.768. The predicted molar refractivity (Wildman–Crippen MR) is 70.2 cm³/mol. The third-order valence-corrected chi connectivity index (χ3v) is 5.56. The largest absolute Gasteiger partial charge is 0.385 e. The van der Waals surface area contributed by atoms with Gasteiger partial charge in [-0.2, -0.15) is 0 Å². The van der Waals surface area contributed by atoms with Gasteiger partial charge in [-0.1, -0.05) is 12.8 Å². The van der Waals surface area contributed by atoms with Crippen molar-refractivity contribution in [3.8, 4) is 0 Å². The molecule has 0 aromatic heterocycles. The number of carbonyl (C=O) groups excluding carboxylic acids is 1. The highest BCUT2D eigenvalue weighted by Crippen LogP contribution is 2.47. The van der Waals surface area contributed by atoms with Gasteiger partial charge in [-0.25, -0.2) is 0 Å². The number of amides is 1. The van der Waals surface area contributed by atoms with Gasteiger partial charge in [0.1, 0.15) is 0 Å². The molecule has 2 saturated carbocycles. The lowest BCUT2D eigenvalue weighted by Gasteiger charge is -2.43. The Balaban J connectivity index is 1.63. The molecular formula is C15H25NO2. The van der Waals surface area contributed by atoms with E-state index in [4.69, 9.17) is 4.74 Å². The molecule has 3 nitrogen and oxygen atoms in total. The summed E-state index contributed by atoms with van der Waals surface area (Å²) in [5.41, 5.74) is -0.0470. The lowest BCUT2D eigenvalue weighted by molar-refractivity contribution is -0.148. The Hall–Kier alpha value is -0.570. The smallest absolute Gasteiger partial charge is 0.228 e. The van der Waals surface area contributed by atoms with E-state index in [0.717, 1.165) is 50.8 Å². The van der Waals surface area contributed by atoms with E-state index in [1.54, 1.807) is 7.11 Å². The van der Waals surface area contributed by atoms with Crippen LogP contribution in [0.3, 0.4) is 0 Å². The van der Waals surface area contributed by atoms with Gasteiger partial charge in [0.2, 0.25) is 5.91 Å². The number of fused-ring (bicyclic) bond motifs is 1.